The van der Waals surface area contributed by atoms with E-state index in [0.717, 1.165) is 17.3 Å². The number of carbonyl (C=O) groups is 1. The summed E-state index contributed by atoms with van der Waals surface area (Å²) in [5.41, 5.74) is 1.36. The van der Waals surface area contributed by atoms with E-state index in [-0.39, 0.29) is 23.5 Å². The van der Waals surface area contributed by atoms with Crippen molar-refractivity contribution in [2.45, 2.75) is 25.8 Å². The van der Waals surface area contributed by atoms with Crippen LogP contribution in [0.2, 0.25) is 0 Å². The van der Waals surface area contributed by atoms with Crippen molar-refractivity contribution in [3.8, 4) is 0 Å². The summed E-state index contributed by atoms with van der Waals surface area (Å²) in [5, 5.41) is 0.807. The molecule has 0 bridgehead atoms. The van der Waals surface area contributed by atoms with Crippen LogP contribution < -0.4 is 0 Å². The van der Waals surface area contributed by atoms with E-state index in [2.05, 4.69) is 4.98 Å². The van der Waals surface area contributed by atoms with Gasteiger partial charge in [-0.25, -0.2) is 8.42 Å². The van der Waals surface area contributed by atoms with Gasteiger partial charge in [0, 0.05) is 24.2 Å². The lowest BCUT2D eigenvalue weighted by molar-refractivity contribution is 0.0699. The molecule has 1 aromatic carbocycles. The van der Waals surface area contributed by atoms with Crippen molar-refractivity contribution in [2.75, 3.05) is 18.1 Å². The Morgan fingerprint density at radius 2 is 2.09 bits per heavy atom. The molecule has 6 heteroatoms. The molecule has 0 radical (unpaired) electrons. The van der Waals surface area contributed by atoms with Crippen LogP contribution in [-0.2, 0) is 9.84 Å². The van der Waals surface area contributed by atoms with E-state index in [9.17, 15) is 13.2 Å². The third kappa shape index (κ3) is 3.22. The first-order valence-electron chi connectivity index (χ1n) is 7.87. The SMILES string of the molecule is CCCN(C(=O)c1ccnc2ccccc12)C1CCS(=O)(=O)C1. The number of carbonyl (C=O) groups excluding carboxylic acids is 1. The molecule has 1 atom stereocenters. The van der Waals surface area contributed by atoms with Gasteiger partial charge in [0.2, 0.25) is 0 Å². The van der Waals surface area contributed by atoms with Crippen LogP contribution in [0.3, 0.4) is 0 Å². The fourth-order valence-electron chi connectivity index (χ4n) is 3.15. The molecule has 0 saturated carbocycles. The Morgan fingerprint density at radius 3 is 2.78 bits per heavy atom. The van der Waals surface area contributed by atoms with Crippen LogP contribution in [0.5, 0.6) is 0 Å². The van der Waals surface area contributed by atoms with Gasteiger partial charge in [0.05, 0.1) is 22.6 Å². The van der Waals surface area contributed by atoms with Gasteiger partial charge in [-0.1, -0.05) is 25.1 Å². The first-order chi connectivity index (χ1) is 11.0. The Labute approximate surface area is 136 Å². The second kappa shape index (κ2) is 6.28. The van der Waals surface area contributed by atoms with Gasteiger partial charge < -0.3 is 4.90 Å². The monoisotopic (exact) mass is 332 g/mol. The summed E-state index contributed by atoms with van der Waals surface area (Å²) in [6.07, 6.45) is 2.95. The molecule has 1 amide bonds. The predicted octanol–water partition coefficient (Wildman–Crippen LogP) is 2.27. The van der Waals surface area contributed by atoms with Gasteiger partial charge >= 0.3 is 0 Å². The molecule has 0 N–H and O–H groups in total. The number of rotatable bonds is 4. The third-order valence-electron chi connectivity index (χ3n) is 4.25. The van der Waals surface area contributed by atoms with Crippen LogP contribution in [0.4, 0.5) is 0 Å². The largest absolute Gasteiger partial charge is 0.335 e. The van der Waals surface area contributed by atoms with Crippen molar-refractivity contribution in [3.63, 3.8) is 0 Å². The molecule has 1 aliphatic rings. The van der Waals surface area contributed by atoms with Crippen LogP contribution in [0.15, 0.2) is 36.5 Å². The fraction of sp³-hybridized carbons (Fsp3) is 0.412. The number of fused-ring (bicyclic) bond motifs is 1. The van der Waals surface area contributed by atoms with E-state index in [1.54, 1.807) is 17.2 Å². The number of pyridine rings is 1. The molecule has 122 valence electrons. The average molecular weight is 332 g/mol. The zero-order chi connectivity index (χ0) is 16.4. The molecular weight excluding hydrogens is 312 g/mol. The van der Waals surface area contributed by atoms with Crippen molar-refractivity contribution in [2.24, 2.45) is 0 Å². The summed E-state index contributed by atoms with van der Waals surface area (Å²) >= 11 is 0. The molecule has 1 saturated heterocycles. The Kier molecular flexibility index (Phi) is 4.35. The molecule has 2 aromatic rings. The maximum Gasteiger partial charge on any atom is 0.254 e. The van der Waals surface area contributed by atoms with Crippen LogP contribution in [0.1, 0.15) is 30.1 Å². The zero-order valence-electron chi connectivity index (χ0n) is 13.1. The van der Waals surface area contributed by atoms with Crippen LogP contribution in [-0.4, -0.2) is 48.3 Å². The molecule has 23 heavy (non-hydrogen) atoms. The minimum Gasteiger partial charge on any atom is -0.335 e. The van der Waals surface area contributed by atoms with Crippen LogP contribution >= 0.6 is 0 Å². The van der Waals surface area contributed by atoms with E-state index in [1.165, 1.54) is 0 Å². The number of hydrogen-bond donors (Lipinski definition) is 0. The number of benzene rings is 1. The van der Waals surface area contributed by atoms with E-state index >= 15 is 0 Å². The molecule has 0 spiro atoms. The van der Waals surface area contributed by atoms with Crippen molar-refractivity contribution in [3.05, 3.63) is 42.1 Å². The molecule has 1 aromatic heterocycles. The Balaban J connectivity index is 1.98. The lowest BCUT2D eigenvalue weighted by atomic mass is 10.1. The fourth-order valence-corrected chi connectivity index (χ4v) is 4.88. The van der Waals surface area contributed by atoms with Gasteiger partial charge in [0.1, 0.15) is 0 Å². The maximum atomic E-state index is 13.1. The summed E-state index contributed by atoms with van der Waals surface area (Å²) in [7, 11) is -3.02. The Morgan fingerprint density at radius 1 is 1.30 bits per heavy atom. The summed E-state index contributed by atoms with van der Waals surface area (Å²) in [6, 6.07) is 9.01. The standard InChI is InChI=1S/C17H20N2O3S/c1-2-10-19(13-8-11-23(21,22)12-13)17(20)15-7-9-18-16-6-4-3-5-14(15)16/h3-7,9,13H,2,8,10-12H2,1H3. The molecule has 1 unspecified atom stereocenters. The van der Waals surface area contributed by atoms with Gasteiger partial charge in [-0.15, -0.1) is 0 Å². The molecular formula is C17H20N2O3S. The van der Waals surface area contributed by atoms with Crippen LogP contribution in [0.25, 0.3) is 10.9 Å². The predicted molar refractivity (Wildman–Crippen MR) is 90.1 cm³/mol. The first-order valence-corrected chi connectivity index (χ1v) is 9.69. The topological polar surface area (TPSA) is 67.3 Å². The number of aromatic nitrogens is 1. The van der Waals surface area contributed by atoms with Gasteiger partial charge in [-0.3, -0.25) is 9.78 Å². The number of nitrogens with zero attached hydrogens (tertiary/aromatic N) is 2. The van der Waals surface area contributed by atoms with Gasteiger partial charge in [0.25, 0.3) is 5.91 Å². The Hall–Kier alpha value is -1.95. The van der Waals surface area contributed by atoms with Crippen molar-refractivity contribution in [1.82, 2.24) is 9.88 Å². The van der Waals surface area contributed by atoms with E-state index in [4.69, 9.17) is 0 Å². The summed E-state index contributed by atoms with van der Waals surface area (Å²) in [5.74, 6) is 0.136. The molecule has 1 aliphatic heterocycles. The van der Waals surface area contributed by atoms with Crippen molar-refractivity contribution < 1.29 is 13.2 Å². The molecule has 5 nitrogen and oxygen atoms in total. The number of amides is 1. The molecule has 1 fully saturated rings. The molecule has 2 heterocycles. The minimum absolute atomic E-state index is 0.0712. The van der Waals surface area contributed by atoms with Crippen molar-refractivity contribution >= 4 is 26.6 Å². The number of sulfone groups is 1. The highest BCUT2D eigenvalue weighted by Gasteiger charge is 2.34. The van der Waals surface area contributed by atoms with E-state index in [0.29, 0.717) is 18.5 Å². The third-order valence-corrected chi connectivity index (χ3v) is 6.00. The quantitative estimate of drug-likeness (QED) is 0.861. The van der Waals surface area contributed by atoms with E-state index in [1.807, 2.05) is 31.2 Å². The highest BCUT2D eigenvalue weighted by molar-refractivity contribution is 7.91. The average Bonchev–Trinajstić information content (AvgIpc) is 2.91. The van der Waals surface area contributed by atoms with Gasteiger partial charge in [-0.2, -0.15) is 0 Å². The highest BCUT2D eigenvalue weighted by Crippen LogP contribution is 2.23. The van der Waals surface area contributed by atoms with Gasteiger partial charge in [-0.05, 0) is 25.0 Å². The smallest absolute Gasteiger partial charge is 0.254 e. The van der Waals surface area contributed by atoms with Crippen molar-refractivity contribution in [1.29, 1.82) is 0 Å². The number of hydrogen-bond acceptors (Lipinski definition) is 4. The summed E-state index contributed by atoms with van der Waals surface area (Å²) in [6.45, 7) is 2.56. The first kappa shape index (κ1) is 15.9. The lowest BCUT2D eigenvalue weighted by Gasteiger charge is -2.28. The molecule has 0 aliphatic carbocycles. The molecule has 3 rings (SSSR count). The highest BCUT2D eigenvalue weighted by atomic mass is 32.2. The second-order valence-corrected chi connectivity index (χ2v) is 8.16. The maximum absolute atomic E-state index is 13.1. The normalized spacial score (nSPS) is 19.8. The second-order valence-electron chi connectivity index (χ2n) is 5.93. The minimum atomic E-state index is -3.02. The Bertz CT molecular complexity index is 827. The van der Waals surface area contributed by atoms with Crippen LogP contribution in [0, 0.1) is 0 Å². The summed E-state index contributed by atoms with van der Waals surface area (Å²) < 4.78 is 23.5. The van der Waals surface area contributed by atoms with E-state index < -0.39 is 9.84 Å². The number of para-hydroxylation sites is 1. The zero-order valence-corrected chi connectivity index (χ0v) is 13.9. The summed E-state index contributed by atoms with van der Waals surface area (Å²) in [4.78, 5) is 19.1. The lowest BCUT2D eigenvalue weighted by Crippen LogP contribution is -2.41. The van der Waals surface area contributed by atoms with Gasteiger partial charge in [0.15, 0.2) is 9.84 Å².